The third-order valence-corrected chi connectivity index (χ3v) is 3.24. The Morgan fingerprint density at radius 1 is 1.05 bits per heavy atom. The van der Waals surface area contributed by atoms with Crippen LogP contribution in [0.5, 0.6) is 11.5 Å². The van der Waals surface area contributed by atoms with Gasteiger partial charge in [-0.3, -0.25) is 0 Å². The monoisotopic (exact) mass is 270 g/mol. The number of hydrogen-bond donors (Lipinski definition) is 1. The fourth-order valence-electron chi connectivity index (χ4n) is 2.32. The smallest absolute Gasteiger partial charge is 0.163 e. The molecule has 0 fully saturated rings. The Morgan fingerprint density at radius 3 is 2.65 bits per heavy atom. The molecule has 0 saturated carbocycles. The van der Waals surface area contributed by atoms with Gasteiger partial charge in [0.1, 0.15) is 24.9 Å². The summed E-state index contributed by atoms with van der Waals surface area (Å²) >= 11 is 0. The Morgan fingerprint density at radius 2 is 1.85 bits per heavy atom. The highest BCUT2D eigenvalue weighted by molar-refractivity contribution is 5.83. The lowest BCUT2D eigenvalue weighted by atomic mass is 10.2. The Labute approximate surface area is 114 Å². The summed E-state index contributed by atoms with van der Waals surface area (Å²) in [6, 6.07) is 10.0. The van der Waals surface area contributed by atoms with E-state index in [-0.39, 0.29) is 5.82 Å². The van der Waals surface area contributed by atoms with E-state index in [0.717, 1.165) is 11.0 Å². The van der Waals surface area contributed by atoms with E-state index in [2.05, 4.69) is 9.97 Å². The largest absolute Gasteiger partial charge is 0.486 e. The third kappa shape index (κ3) is 1.79. The second kappa shape index (κ2) is 4.23. The predicted molar refractivity (Wildman–Crippen MR) is 72.5 cm³/mol. The van der Waals surface area contributed by atoms with Gasteiger partial charge in [-0.1, -0.05) is 12.1 Å². The van der Waals surface area contributed by atoms with Crippen molar-refractivity contribution in [1.82, 2.24) is 9.97 Å². The van der Waals surface area contributed by atoms with Crippen molar-refractivity contribution >= 4 is 11.0 Å². The summed E-state index contributed by atoms with van der Waals surface area (Å²) in [7, 11) is 0. The first-order valence-electron chi connectivity index (χ1n) is 6.35. The molecule has 2 heterocycles. The fourth-order valence-corrected chi connectivity index (χ4v) is 2.32. The molecule has 1 aliphatic heterocycles. The van der Waals surface area contributed by atoms with Crippen molar-refractivity contribution in [1.29, 1.82) is 0 Å². The molecule has 4 nitrogen and oxygen atoms in total. The number of nitrogens with one attached hydrogen (secondary N) is 1. The molecule has 3 aromatic rings. The van der Waals surface area contributed by atoms with Crippen molar-refractivity contribution in [2.75, 3.05) is 13.2 Å². The van der Waals surface area contributed by atoms with Gasteiger partial charge in [0.25, 0.3) is 0 Å². The summed E-state index contributed by atoms with van der Waals surface area (Å²) < 4.78 is 24.3. The fraction of sp³-hybridized carbons (Fsp3) is 0.133. The molecule has 1 N–H and O–H groups in total. The Balaban J connectivity index is 1.86. The number of imidazole rings is 1. The molecule has 4 rings (SSSR count). The number of H-pyrrole nitrogens is 1. The van der Waals surface area contributed by atoms with Crippen molar-refractivity contribution in [2.24, 2.45) is 0 Å². The molecular weight excluding hydrogens is 259 g/mol. The highest BCUT2D eigenvalue weighted by atomic mass is 19.1. The van der Waals surface area contributed by atoms with Crippen molar-refractivity contribution in [3.05, 3.63) is 42.2 Å². The molecule has 0 aliphatic carbocycles. The van der Waals surface area contributed by atoms with Gasteiger partial charge in [0.05, 0.1) is 11.0 Å². The number of halogens is 1. The quantitative estimate of drug-likeness (QED) is 0.739. The third-order valence-electron chi connectivity index (χ3n) is 3.24. The average Bonchev–Trinajstić information content (AvgIpc) is 2.87. The lowest BCUT2D eigenvalue weighted by Crippen LogP contribution is -2.15. The van der Waals surface area contributed by atoms with Gasteiger partial charge >= 0.3 is 0 Å². The molecule has 0 unspecified atom stereocenters. The number of hydrogen-bond acceptors (Lipinski definition) is 3. The van der Waals surface area contributed by atoms with Gasteiger partial charge in [-0.2, -0.15) is 0 Å². The number of aromatic nitrogens is 2. The summed E-state index contributed by atoms with van der Waals surface area (Å²) in [4.78, 5) is 7.65. The van der Waals surface area contributed by atoms with Gasteiger partial charge in [0, 0.05) is 17.7 Å². The van der Waals surface area contributed by atoms with Gasteiger partial charge in [-0.15, -0.1) is 0 Å². The van der Waals surface area contributed by atoms with Crippen molar-refractivity contribution in [2.45, 2.75) is 0 Å². The molecule has 100 valence electrons. The van der Waals surface area contributed by atoms with Crippen LogP contribution in [-0.4, -0.2) is 23.2 Å². The van der Waals surface area contributed by atoms with Crippen molar-refractivity contribution in [3.63, 3.8) is 0 Å². The predicted octanol–water partition coefficient (Wildman–Crippen LogP) is 3.14. The minimum atomic E-state index is -0.283. The van der Waals surface area contributed by atoms with E-state index < -0.39 is 0 Å². The molecule has 1 aliphatic rings. The van der Waals surface area contributed by atoms with E-state index in [0.29, 0.717) is 36.1 Å². The first kappa shape index (κ1) is 11.3. The van der Waals surface area contributed by atoms with Crippen LogP contribution in [0.15, 0.2) is 36.4 Å². The highest BCUT2D eigenvalue weighted by Gasteiger charge is 2.15. The normalized spacial score (nSPS) is 13.7. The number of benzene rings is 2. The van der Waals surface area contributed by atoms with Crippen LogP contribution < -0.4 is 9.47 Å². The maximum atomic E-state index is 13.3. The number of rotatable bonds is 1. The van der Waals surface area contributed by atoms with Crippen LogP contribution in [0, 0.1) is 5.82 Å². The Bertz CT molecular complexity index is 755. The van der Waals surface area contributed by atoms with Crippen LogP contribution in [0.1, 0.15) is 0 Å². The lowest BCUT2D eigenvalue weighted by molar-refractivity contribution is 0.172. The molecule has 0 radical (unpaired) electrons. The molecule has 0 bridgehead atoms. The molecule has 5 heteroatoms. The number of aromatic amines is 1. The SMILES string of the molecule is Fc1cccc(-c2nc3cc4c(cc3[nH]2)OCCO4)c1. The molecule has 0 spiro atoms. The van der Waals surface area contributed by atoms with E-state index in [1.807, 2.05) is 18.2 Å². The standard InChI is InChI=1S/C15H11FN2O2/c16-10-3-1-2-9(6-10)15-17-11-7-13-14(8-12(11)18-15)20-5-4-19-13/h1-3,6-8H,4-5H2,(H,17,18). The van der Waals surface area contributed by atoms with Gasteiger partial charge in [-0.25, -0.2) is 9.37 Å². The number of nitrogens with zero attached hydrogens (tertiary/aromatic N) is 1. The van der Waals surface area contributed by atoms with E-state index in [1.165, 1.54) is 12.1 Å². The zero-order valence-electron chi connectivity index (χ0n) is 10.5. The van der Waals surface area contributed by atoms with E-state index in [4.69, 9.17) is 9.47 Å². The molecule has 0 saturated heterocycles. The van der Waals surface area contributed by atoms with Crippen LogP contribution in [0.2, 0.25) is 0 Å². The lowest BCUT2D eigenvalue weighted by Gasteiger charge is -2.17. The van der Waals surface area contributed by atoms with Crippen molar-refractivity contribution < 1.29 is 13.9 Å². The highest BCUT2D eigenvalue weighted by Crippen LogP contribution is 2.34. The summed E-state index contributed by atoms with van der Waals surface area (Å²) in [5, 5.41) is 0. The second-order valence-electron chi connectivity index (χ2n) is 4.61. The zero-order valence-corrected chi connectivity index (χ0v) is 10.5. The molecular formula is C15H11FN2O2. The molecule has 1 aromatic heterocycles. The van der Waals surface area contributed by atoms with E-state index in [1.54, 1.807) is 6.07 Å². The van der Waals surface area contributed by atoms with E-state index >= 15 is 0 Å². The van der Waals surface area contributed by atoms with E-state index in [9.17, 15) is 4.39 Å². The Kier molecular flexibility index (Phi) is 2.39. The number of ether oxygens (including phenoxy) is 2. The van der Waals surface area contributed by atoms with Gasteiger partial charge < -0.3 is 14.5 Å². The van der Waals surface area contributed by atoms with Crippen LogP contribution >= 0.6 is 0 Å². The first-order valence-corrected chi connectivity index (χ1v) is 6.35. The van der Waals surface area contributed by atoms with Gasteiger partial charge in [0.2, 0.25) is 0 Å². The molecule has 0 atom stereocenters. The molecule has 20 heavy (non-hydrogen) atoms. The maximum absolute atomic E-state index is 13.3. The summed E-state index contributed by atoms with van der Waals surface area (Å²) in [6.45, 7) is 1.09. The summed E-state index contributed by atoms with van der Waals surface area (Å²) in [5.74, 6) is 1.75. The topological polar surface area (TPSA) is 47.1 Å². The number of fused-ring (bicyclic) bond motifs is 2. The van der Waals surface area contributed by atoms with Crippen LogP contribution in [0.3, 0.4) is 0 Å². The average molecular weight is 270 g/mol. The minimum Gasteiger partial charge on any atom is -0.486 e. The van der Waals surface area contributed by atoms with Crippen LogP contribution in [-0.2, 0) is 0 Å². The van der Waals surface area contributed by atoms with Gasteiger partial charge in [0.15, 0.2) is 11.5 Å². The van der Waals surface area contributed by atoms with Crippen molar-refractivity contribution in [3.8, 4) is 22.9 Å². The molecule has 2 aromatic carbocycles. The molecule has 0 amide bonds. The van der Waals surface area contributed by atoms with Gasteiger partial charge in [-0.05, 0) is 12.1 Å². The summed E-state index contributed by atoms with van der Waals surface area (Å²) in [5.41, 5.74) is 2.32. The zero-order chi connectivity index (χ0) is 13.5. The second-order valence-corrected chi connectivity index (χ2v) is 4.61. The Hall–Kier alpha value is -2.56. The summed E-state index contributed by atoms with van der Waals surface area (Å²) in [6.07, 6.45) is 0. The van der Waals surface area contributed by atoms with Crippen LogP contribution in [0.25, 0.3) is 22.4 Å². The van der Waals surface area contributed by atoms with Crippen LogP contribution in [0.4, 0.5) is 4.39 Å². The maximum Gasteiger partial charge on any atom is 0.163 e. The first-order chi connectivity index (χ1) is 9.79. The minimum absolute atomic E-state index is 0.283.